The van der Waals surface area contributed by atoms with Crippen molar-refractivity contribution in [2.24, 2.45) is 0 Å². The molecule has 0 aliphatic heterocycles. The number of halogens is 1. The second kappa shape index (κ2) is 6.00. The van der Waals surface area contributed by atoms with Gasteiger partial charge in [0.2, 0.25) is 0 Å². The van der Waals surface area contributed by atoms with Crippen LogP contribution < -0.4 is 4.90 Å². The van der Waals surface area contributed by atoms with Crippen LogP contribution >= 0.6 is 11.6 Å². The van der Waals surface area contributed by atoms with Gasteiger partial charge < -0.3 is 4.90 Å². The third kappa shape index (κ3) is 2.89. The molecule has 3 nitrogen and oxygen atoms in total. The minimum Gasteiger partial charge on any atom is -0.370 e. The molecule has 1 aromatic rings. The third-order valence-corrected chi connectivity index (χ3v) is 2.60. The Hall–Kier alpha value is -1.71. The minimum atomic E-state index is 0.462. The largest absolute Gasteiger partial charge is 0.370 e. The third-order valence-electron chi connectivity index (χ3n) is 2.29. The maximum Gasteiger partial charge on any atom is 0.0992 e. The minimum absolute atomic E-state index is 0.462. The number of nitrogens with zero attached hydrogens (tertiary/aromatic N) is 3. The van der Waals surface area contributed by atoms with Crippen LogP contribution in [0.5, 0.6) is 0 Å². The van der Waals surface area contributed by atoms with Gasteiger partial charge in [-0.05, 0) is 25.1 Å². The summed E-state index contributed by atoms with van der Waals surface area (Å²) in [7, 11) is 0. The van der Waals surface area contributed by atoms with Crippen LogP contribution in [0.4, 0.5) is 5.69 Å². The average Bonchev–Trinajstić information content (AvgIpc) is 2.31. The average molecular weight is 234 g/mol. The van der Waals surface area contributed by atoms with E-state index in [1.165, 1.54) is 0 Å². The highest BCUT2D eigenvalue weighted by molar-refractivity contribution is 6.33. The van der Waals surface area contributed by atoms with Crippen LogP contribution in [0.25, 0.3) is 0 Å². The predicted molar refractivity (Wildman–Crippen MR) is 64.3 cm³/mol. The number of anilines is 1. The Morgan fingerprint density at radius 1 is 1.38 bits per heavy atom. The standard InChI is InChI=1S/C12H12ClN3/c1-2-16(7-3-6-14)12-5-4-10(9-15)8-11(12)13/h4-5,8H,2-3,7H2,1H3. The van der Waals surface area contributed by atoms with E-state index in [-0.39, 0.29) is 0 Å². The van der Waals surface area contributed by atoms with E-state index < -0.39 is 0 Å². The van der Waals surface area contributed by atoms with Crippen molar-refractivity contribution in [3.63, 3.8) is 0 Å². The summed E-state index contributed by atoms with van der Waals surface area (Å²) in [4.78, 5) is 2.02. The Morgan fingerprint density at radius 2 is 2.12 bits per heavy atom. The lowest BCUT2D eigenvalue weighted by Crippen LogP contribution is -2.23. The molecular formula is C12H12ClN3. The van der Waals surface area contributed by atoms with Crippen LogP contribution in [0.1, 0.15) is 18.9 Å². The molecule has 0 fully saturated rings. The second-order valence-corrected chi connectivity index (χ2v) is 3.67. The molecule has 4 heteroatoms. The highest BCUT2D eigenvalue weighted by Gasteiger charge is 2.08. The Bertz CT molecular complexity index is 443. The lowest BCUT2D eigenvalue weighted by molar-refractivity contribution is 0.827. The van der Waals surface area contributed by atoms with E-state index in [0.29, 0.717) is 23.6 Å². The molecule has 1 rings (SSSR count). The lowest BCUT2D eigenvalue weighted by atomic mass is 10.2. The molecule has 0 radical (unpaired) electrons. The van der Waals surface area contributed by atoms with Crippen molar-refractivity contribution in [2.75, 3.05) is 18.0 Å². The Labute approximate surface area is 100 Å². The quantitative estimate of drug-likeness (QED) is 0.804. The van der Waals surface area contributed by atoms with E-state index >= 15 is 0 Å². The Morgan fingerprint density at radius 3 is 2.62 bits per heavy atom. The fraction of sp³-hybridized carbons (Fsp3) is 0.333. The van der Waals surface area contributed by atoms with Crippen LogP contribution in [-0.4, -0.2) is 13.1 Å². The fourth-order valence-electron chi connectivity index (χ4n) is 1.47. The van der Waals surface area contributed by atoms with Crippen LogP contribution in [0.2, 0.25) is 5.02 Å². The summed E-state index contributed by atoms with van der Waals surface area (Å²) in [5.74, 6) is 0. The number of hydrogen-bond donors (Lipinski definition) is 0. The van der Waals surface area contributed by atoms with Gasteiger partial charge in [0.25, 0.3) is 0 Å². The highest BCUT2D eigenvalue weighted by Crippen LogP contribution is 2.26. The van der Waals surface area contributed by atoms with Gasteiger partial charge in [-0.3, -0.25) is 0 Å². The van der Waals surface area contributed by atoms with Gasteiger partial charge in [0.15, 0.2) is 0 Å². The summed E-state index contributed by atoms with van der Waals surface area (Å²) in [5, 5.41) is 17.8. The molecule has 0 saturated heterocycles. The molecule has 82 valence electrons. The summed E-state index contributed by atoms with van der Waals surface area (Å²) in [6, 6.07) is 9.35. The zero-order valence-corrected chi connectivity index (χ0v) is 9.83. The van der Waals surface area contributed by atoms with Gasteiger partial charge in [-0.2, -0.15) is 10.5 Å². The topological polar surface area (TPSA) is 50.8 Å². The first-order chi connectivity index (χ1) is 7.72. The molecule has 0 aliphatic carbocycles. The first-order valence-corrected chi connectivity index (χ1v) is 5.42. The van der Waals surface area contributed by atoms with E-state index in [4.69, 9.17) is 22.1 Å². The SMILES string of the molecule is CCN(CCC#N)c1ccc(C#N)cc1Cl. The van der Waals surface area contributed by atoms with Gasteiger partial charge in [-0.15, -0.1) is 0 Å². The number of hydrogen-bond acceptors (Lipinski definition) is 3. The van der Waals surface area contributed by atoms with Crippen LogP contribution in [0, 0.1) is 22.7 Å². The maximum atomic E-state index is 8.72. The molecule has 0 spiro atoms. The molecule has 16 heavy (non-hydrogen) atoms. The molecule has 0 bridgehead atoms. The lowest BCUT2D eigenvalue weighted by Gasteiger charge is -2.22. The molecule has 0 aromatic heterocycles. The smallest absolute Gasteiger partial charge is 0.0992 e. The van der Waals surface area contributed by atoms with Crippen molar-refractivity contribution in [3.8, 4) is 12.1 Å². The zero-order chi connectivity index (χ0) is 12.0. The molecule has 0 saturated carbocycles. The van der Waals surface area contributed by atoms with Crippen molar-refractivity contribution in [2.45, 2.75) is 13.3 Å². The Balaban J connectivity index is 2.94. The normalized spacial score (nSPS) is 9.25. The van der Waals surface area contributed by atoms with Crippen molar-refractivity contribution in [3.05, 3.63) is 28.8 Å². The molecule has 0 aliphatic rings. The summed E-state index contributed by atoms with van der Waals surface area (Å²) < 4.78 is 0. The molecule has 0 heterocycles. The van der Waals surface area contributed by atoms with E-state index in [9.17, 15) is 0 Å². The van der Waals surface area contributed by atoms with E-state index in [0.717, 1.165) is 12.2 Å². The van der Waals surface area contributed by atoms with Crippen LogP contribution in [0.15, 0.2) is 18.2 Å². The molecule has 1 aromatic carbocycles. The zero-order valence-electron chi connectivity index (χ0n) is 9.07. The predicted octanol–water partition coefficient (Wildman–Crippen LogP) is 2.95. The maximum absolute atomic E-state index is 8.72. The molecule has 0 unspecified atom stereocenters. The van der Waals surface area contributed by atoms with Gasteiger partial charge in [-0.1, -0.05) is 11.6 Å². The first-order valence-electron chi connectivity index (χ1n) is 5.04. The van der Waals surface area contributed by atoms with Gasteiger partial charge in [0.05, 0.1) is 34.8 Å². The fourth-order valence-corrected chi connectivity index (χ4v) is 1.77. The van der Waals surface area contributed by atoms with E-state index in [1.807, 2.05) is 24.0 Å². The monoisotopic (exact) mass is 233 g/mol. The van der Waals surface area contributed by atoms with Crippen molar-refractivity contribution in [1.29, 1.82) is 10.5 Å². The van der Waals surface area contributed by atoms with E-state index in [1.54, 1.807) is 12.1 Å². The van der Waals surface area contributed by atoms with Crippen molar-refractivity contribution in [1.82, 2.24) is 0 Å². The summed E-state index contributed by atoms with van der Waals surface area (Å²) >= 11 is 6.08. The van der Waals surface area contributed by atoms with Crippen molar-refractivity contribution >= 4 is 17.3 Å². The summed E-state index contributed by atoms with van der Waals surface area (Å²) in [5.41, 5.74) is 1.42. The van der Waals surface area contributed by atoms with E-state index in [2.05, 4.69) is 6.07 Å². The molecule has 0 atom stereocenters. The first kappa shape index (κ1) is 12.4. The van der Waals surface area contributed by atoms with Crippen molar-refractivity contribution < 1.29 is 0 Å². The summed E-state index contributed by atoms with van der Waals surface area (Å²) in [6.07, 6.45) is 0.462. The number of benzene rings is 1. The molecule has 0 amide bonds. The van der Waals surface area contributed by atoms with Crippen LogP contribution in [0.3, 0.4) is 0 Å². The number of rotatable bonds is 4. The summed E-state index contributed by atoms with van der Waals surface area (Å²) in [6.45, 7) is 3.44. The second-order valence-electron chi connectivity index (χ2n) is 3.27. The van der Waals surface area contributed by atoms with Gasteiger partial charge in [-0.25, -0.2) is 0 Å². The van der Waals surface area contributed by atoms with Gasteiger partial charge in [0, 0.05) is 13.1 Å². The number of nitriles is 2. The molecule has 0 N–H and O–H groups in total. The van der Waals surface area contributed by atoms with Gasteiger partial charge in [0.1, 0.15) is 0 Å². The Kier molecular flexibility index (Phi) is 4.64. The van der Waals surface area contributed by atoms with Crippen LogP contribution in [-0.2, 0) is 0 Å². The van der Waals surface area contributed by atoms with Gasteiger partial charge >= 0.3 is 0 Å². The molecular weight excluding hydrogens is 222 g/mol. The highest BCUT2D eigenvalue weighted by atomic mass is 35.5.